The Bertz CT molecular complexity index is 758. The molecule has 0 unspecified atom stereocenters. The van der Waals surface area contributed by atoms with Gasteiger partial charge < -0.3 is 14.3 Å². The van der Waals surface area contributed by atoms with Crippen LogP contribution in [0.15, 0.2) is 30.3 Å². The smallest absolute Gasteiger partial charge is 0.311 e. The van der Waals surface area contributed by atoms with E-state index in [0.29, 0.717) is 6.42 Å². The summed E-state index contributed by atoms with van der Waals surface area (Å²) in [5, 5.41) is 11.2. The molecule has 0 saturated carbocycles. The van der Waals surface area contributed by atoms with Gasteiger partial charge in [-0.2, -0.15) is 0 Å². The number of hydrogen-bond donors (Lipinski definition) is 1. The number of carbonyl (C=O) groups excluding carboxylic acids is 1. The summed E-state index contributed by atoms with van der Waals surface area (Å²) in [5.74, 6) is -0.535. The molecule has 4 nitrogen and oxygen atoms in total. The highest BCUT2D eigenvalue weighted by molar-refractivity contribution is 6.74. The fraction of sp³-hybridized carbons (Fsp3) is 0.800. The van der Waals surface area contributed by atoms with Gasteiger partial charge in [-0.3, -0.25) is 4.79 Å². The van der Waals surface area contributed by atoms with Crippen molar-refractivity contribution in [2.24, 2.45) is 5.92 Å². The number of hydrogen-bond acceptors (Lipinski definition) is 4. The number of benzene rings is 1. The monoisotopic (exact) mass is 576 g/mol. The van der Waals surface area contributed by atoms with Crippen molar-refractivity contribution in [3.8, 4) is 0 Å². The number of rotatable bonds is 23. The summed E-state index contributed by atoms with van der Waals surface area (Å²) in [5.41, 5.74) is 0.993. The van der Waals surface area contributed by atoms with E-state index in [-0.39, 0.29) is 29.6 Å². The molecule has 1 aromatic rings. The third kappa shape index (κ3) is 15.7. The molecule has 1 aromatic carbocycles. The summed E-state index contributed by atoms with van der Waals surface area (Å²) in [6, 6.07) is 9.89. The third-order valence-electron chi connectivity index (χ3n) is 8.74. The SMILES string of the molecule is CCCCCCCCCCC[C@@H](O)C[C@H](O[Si](C)(C)C(C)(C)C)[C@@H](CCCCCC)C(=O)OCc1ccccc1. The fourth-order valence-electron chi connectivity index (χ4n) is 5.01. The van der Waals surface area contributed by atoms with Gasteiger partial charge in [0.1, 0.15) is 6.61 Å². The van der Waals surface area contributed by atoms with E-state index >= 15 is 0 Å². The van der Waals surface area contributed by atoms with Crippen LogP contribution in [0.3, 0.4) is 0 Å². The number of esters is 1. The van der Waals surface area contributed by atoms with E-state index in [0.717, 1.165) is 50.5 Å². The second kappa shape index (κ2) is 20.7. The van der Waals surface area contributed by atoms with Crippen molar-refractivity contribution in [2.75, 3.05) is 0 Å². The molecule has 0 heterocycles. The first-order chi connectivity index (χ1) is 19.0. The van der Waals surface area contributed by atoms with E-state index < -0.39 is 14.4 Å². The van der Waals surface area contributed by atoms with Gasteiger partial charge >= 0.3 is 5.97 Å². The van der Waals surface area contributed by atoms with E-state index in [9.17, 15) is 9.90 Å². The number of aliphatic hydroxyl groups is 1. The Kier molecular flexibility index (Phi) is 19.0. The van der Waals surface area contributed by atoms with Gasteiger partial charge in [-0.15, -0.1) is 0 Å². The lowest BCUT2D eigenvalue weighted by molar-refractivity contribution is -0.154. The summed E-state index contributed by atoms with van der Waals surface area (Å²) in [6.45, 7) is 15.9. The molecule has 0 aliphatic carbocycles. The standard InChI is InChI=1S/C35H64O4Si/c1-8-10-12-14-15-16-17-18-22-26-31(36)28-33(39-40(6,7)35(3,4)5)32(27-23-13-11-9-2)34(37)38-29-30-24-20-19-21-25-30/h19-21,24-25,31-33,36H,8-18,22-23,26-29H2,1-7H3/t31-,32-,33+/m1/s1. The van der Waals surface area contributed by atoms with Crippen LogP contribution in [0.2, 0.25) is 18.1 Å². The molecular formula is C35H64O4Si. The molecule has 232 valence electrons. The maximum absolute atomic E-state index is 13.6. The topological polar surface area (TPSA) is 55.8 Å². The van der Waals surface area contributed by atoms with Gasteiger partial charge in [0, 0.05) is 0 Å². The summed E-state index contributed by atoms with van der Waals surface area (Å²) < 4.78 is 12.8. The maximum atomic E-state index is 13.6. The molecule has 0 spiro atoms. The van der Waals surface area contributed by atoms with Crippen LogP contribution in [-0.4, -0.2) is 31.6 Å². The zero-order valence-corrected chi connectivity index (χ0v) is 28.3. The Morgan fingerprint density at radius 3 is 1.85 bits per heavy atom. The van der Waals surface area contributed by atoms with Crippen molar-refractivity contribution in [3.05, 3.63) is 35.9 Å². The zero-order chi connectivity index (χ0) is 29.9. The molecule has 0 amide bonds. The summed E-state index contributed by atoms with van der Waals surface area (Å²) in [7, 11) is -2.17. The molecule has 3 atom stereocenters. The normalized spacial score (nSPS) is 14.6. The average Bonchev–Trinajstić information content (AvgIpc) is 2.90. The van der Waals surface area contributed by atoms with Crippen LogP contribution in [0.4, 0.5) is 0 Å². The van der Waals surface area contributed by atoms with Gasteiger partial charge in [0.25, 0.3) is 0 Å². The molecule has 0 aliphatic rings. The van der Waals surface area contributed by atoms with Crippen molar-refractivity contribution in [1.82, 2.24) is 0 Å². The van der Waals surface area contributed by atoms with Gasteiger partial charge in [-0.05, 0) is 43.0 Å². The van der Waals surface area contributed by atoms with Crippen LogP contribution in [0.5, 0.6) is 0 Å². The first-order valence-electron chi connectivity index (χ1n) is 16.6. The molecule has 0 bridgehead atoms. The van der Waals surface area contributed by atoms with Crippen molar-refractivity contribution in [3.63, 3.8) is 0 Å². The van der Waals surface area contributed by atoms with E-state index in [1.54, 1.807) is 0 Å². The average molecular weight is 577 g/mol. The van der Waals surface area contributed by atoms with Crippen LogP contribution in [0.1, 0.15) is 143 Å². The maximum Gasteiger partial charge on any atom is 0.311 e. The second-order valence-corrected chi connectivity index (χ2v) is 18.2. The predicted molar refractivity (Wildman–Crippen MR) is 173 cm³/mol. The highest BCUT2D eigenvalue weighted by atomic mass is 28.4. The highest BCUT2D eigenvalue weighted by Crippen LogP contribution is 2.39. The first kappa shape index (κ1) is 36.9. The summed E-state index contributed by atoms with van der Waals surface area (Å²) in [6.07, 6.45) is 17.1. The number of unbranched alkanes of at least 4 members (excludes halogenated alkanes) is 11. The van der Waals surface area contributed by atoms with Crippen molar-refractivity contribution in [1.29, 1.82) is 0 Å². The quantitative estimate of drug-likeness (QED) is 0.0800. The van der Waals surface area contributed by atoms with Crippen LogP contribution in [0, 0.1) is 5.92 Å². The zero-order valence-electron chi connectivity index (χ0n) is 27.3. The molecule has 5 heteroatoms. The van der Waals surface area contributed by atoms with Gasteiger partial charge in [0.15, 0.2) is 8.32 Å². The van der Waals surface area contributed by atoms with Crippen molar-refractivity contribution < 1.29 is 19.1 Å². The number of carbonyl (C=O) groups is 1. The largest absolute Gasteiger partial charge is 0.461 e. The minimum absolute atomic E-state index is 0.0219. The van der Waals surface area contributed by atoms with Crippen LogP contribution < -0.4 is 0 Å². The molecule has 0 radical (unpaired) electrons. The van der Waals surface area contributed by atoms with E-state index in [1.807, 2.05) is 30.3 Å². The molecule has 1 rings (SSSR count). The second-order valence-electron chi connectivity index (χ2n) is 13.5. The van der Waals surface area contributed by atoms with Crippen LogP contribution in [-0.2, 0) is 20.6 Å². The highest BCUT2D eigenvalue weighted by Gasteiger charge is 2.42. The van der Waals surface area contributed by atoms with Gasteiger partial charge in [0.2, 0.25) is 0 Å². The Morgan fingerprint density at radius 1 is 0.800 bits per heavy atom. The van der Waals surface area contributed by atoms with Crippen LogP contribution >= 0.6 is 0 Å². The lowest BCUT2D eigenvalue weighted by Crippen LogP contribution is -2.48. The third-order valence-corrected chi connectivity index (χ3v) is 13.2. The summed E-state index contributed by atoms with van der Waals surface area (Å²) in [4.78, 5) is 13.6. The van der Waals surface area contributed by atoms with E-state index in [1.165, 1.54) is 51.4 Å². The Morgan fingerprint density at radius 2 is 1.30 bits per heavy atom. The minimum Gasteiger partial charge on any atom is -0.461 e. The van der Waals surface area contributed by atoms with Crippen molar-refractivity contribution >= 4 is 14.3 Å². The van der Waals surface area contributed by atoms with Gasteiger partial charge in [-0.1, -0.05) is 148 Å². The molecule has 0 saturated heterocycles. The predicted octanol–water partition coefficient (Wildman–Crippen LogP) is 10.4. The first-order valence-corrected chi connectivity index (χ1v) is 19.5. The molecular weight excluding hydrogens is 512 g/mol. The Hall–Kier alpha value is -1.17. The Balaban J connectivity index is 2.87. The van der Waals surface area contributed by atoms with E-state index in [2.05, 4.69) is 47.7 Å². The fourth-order valence-corrected chi connectivity index (χ4v) is 6.38. The molecule has 1 N–H and O–H groups in total. The molecule has 0 aromatic heterocycles. The lowest BCUT2D eigenvalue weighted by atomic mass is 9.90. The van der Waals surface area contributed by atoms with Gasteiger partial charge in [0.05, 0.1) is 18.1 Å². The van der Waals surface area contributed by atoms with Crippen molar-refractivity contribution in [2.45, 2.75) is 174 Å². The number of aliphatic hydroxyl groups excluding tert-OH is 1. The molecule has 0 aliphatic heterocycles. The van der Waals surface area contributed by atoms with E-state index in [4.69, 9.17) is 9.16 Å². The van der Waals surface area contributed by atoms with Gasteiger partial charge in [-0.25, -0.2) is 0 Å². The molecule has 40 heavy (non-hydrogen) atoms. The van der Waals surface area contributed by atoms with Crippen LogP contribution in [0.25, 0.3) is 0 Å². The minimum atomic E-state index is -2.17. The number of ether oxygens (including phenoxy) is 1. The lowest BCUT2D eigenvalue weighted by Gasteiger charge is -2.41. The molecule has 0 fully saturated rings. The summed E-state index contributed by atoms with van der Waals surface area (Å²) >= 11 is 0. The Labute approximate surface area is 249 Å².